The molecule has 1 heterocycles. The van der Waals surface area contributed by atoms with Gasteiger partial charge in [-0.25, -0.2) is 4.98 Å². The molecular formula is C18H15ClF3N3. The Bertz CT molecular complexity index is 876. The predicted octanol–water partition coefficient (Wildman–Crippen LogP) is 5.43. The minimum Gasteiger partial charge on any atom is -0.383 e. The fraction of sp³-hybridized carbons (Fsp3) is 0.167. The van der Waals surface area contributed by atoms with Gasteiger partial charge in [0.05, 0.1) is 10.6 Å². The zero-order valence-electron chi connectivity index (χ0n) is 13.1. The minimum absolute atomic E-state index is 0.0556. The number of nitrogens with zero attached hydrogens (tertiary/aromatic N) is 1. The Morgan fingerprint density at radius 1 is 0.960 bits per heavy atom. The van der Waals surface area contributed by atoms with Crippen LogP contribution in [0.15, 0.2) is 54.7 Å². The second-order valence-corrected chi connectivity index (χ2v) is 5.84. The lowest BCUT2D eigenvalue weighted by atomic mass is 10.1. The van der Waals surface area contributed by atoms with Crippen LogP contribution in [-0.2, 0) is 6.18 Å². The number of hydrogen-bond acceptors (Lipinski definition) is 3. The van der Waals surface area contributed by atoms with Crippen molar-refractivity contribution in [2.45, 2.75) is 6.18 Å². The normalized spacial score (nSPS) is 11.5. The number of benzene rings is 2. The molecule has 0 bridgehead atoms. The lowest BCUT2D eigenvalue weighted by Gasteiger charge is -2.12. The van der Waals surface area contributed by atoms with Crippen LogP contribution in [0.3, 0.4) is 0 Å². The summed E-state index contributed by atoms with van der Waals surface area (Å²) in [5.41, 5.74) is 0.128. The van der Waals surface area contributed by atoms with Crippen molar-refractivity contribution >= 4 is 33.9 Å². The molecule has 25 heavy (non-hydrogen) atoms. The zero-order chi connectivity index (χ0) is 17.9. The third-order valence-electron chi connectivity index (χ3n) is 3.69. The molecule has 0 saturated heterocycles. The molecule has 0 aliphatic rings. The maximum atomic E-state index is 12.6. The Morgan fingerprint density at radius 2 is 1.68 bits per heavy atom. The molecule has 2 aromatic carbocycles. The van der Waals surface area contributed by atoms with Gasteiger partial charge in [-0.2, -0.15) is 13.2 Å². The van der Waals surface area contributed by atoms with E-state index in [-0.39, 0.29) is 10.8 Å². The summed E-state index contributed by atoms with van der Waals surface area (Å²) in [6.45, 7) is 1.02. The number of aromatic nitrogens is 1. The average Bonchev–Trinajstić information content (AvgIpc) is 2.59. The van der Waals surface area contributed by atoms with Crippen LogP contribution in [0.25, 0.3) is 10.8 Å². The van der Waals surface area contributed by atoms with E-state index >= 15 is 0 Å². The topological polar surface area (TPSA) is 37.0 Å². The molecule has 3 nitrogen and oxygen atoms in total. The first-order valence-corrected chi connectivity index (χ1v) is 8.01. The SMILES string of the molecule is FC(F)(F)c1cnc(NCCNc2cccc3ccccc23)c(Cl)c1. The molecule has 0 saturated carbocycles. The Balaban J connectivity index is 1.60. The second kappa shape index (κ2) is 7.19. The molecule has 0 spiro atoms. The molecule has 0 fully saturated rings. The number of fused-ring (bicyclic) bond motifs is 1. The van der Waals surface area contributed by atoms with Crippen molar-refractivity contribution in [2.24, 2.45) is 0 Å². The fourth-order valence-corrected chi connectivity index (χ4v) is 2.71. The molecule has 0 radical (unpaired) electrons. The van der Waals surface area contributed by atoms with Gasteiger partial charge in [-0.15, -0.1) is 0 Å². The summed E-state index contributed by atoms with van der Waals surface area (Å²) in [7, 11) is 0. The first kappa shape index (κ1) is 17.4. The van der Waals surface area contributed by atoms with Gasteiger partial charge in [-0.3, -0.25) is 0 Å². The van der Waals surface area contributed by atoms with Gasteiger partial charge in [0, 0.05) is 30.4 Å². The van der Waals surface area contributed by atoms with Gasteiger partial charge in [-0.1, -0.05) is 48.0 Å². The van der Waals surface area contributed by atoms with Crippen molar-refractivity contribution in [2.75, 3.05) is 23.7 Å². The largest absolute Gasteiger partial charge is 0.417 e. The van der Waals surface area contributed by atoms with Crippen molar-refractivity contribution in [1.29, 1.82) is 0 Å². The van der Waals surface area contributed by atoms with Gasteiger partial charge in [0.1, 0.15) is 5.82 Å². The first-order chi connectivity index (χ1) is 11.9. The summed E-state index contributed by atoms with van der Waals surface area (Å²) in [5.74, 6) is 0.231. The van der Waals surface area contributed by atoms with Crippen LogP contribution in [0.2, 0.25) is 5.02 Å². The Morgan fingerprint density at radius 3 is 2.44 bits per heavy atom. The van der Waals surface area contributed by atoms with E-state index in [4.69, 9.17) is 11.6 Å². The second-order valence-electron chi connectivity index (χ2n) is 5.43. The number of hydrogen-bond donors (Lipinski definition) is 2. The van der Waals surface area contributed by atoms with E-state index in [0.717, 1.165) is 28.7 Å². The Kier molecular flexibility index (Phi) is 4.99. The van der Waals surface area contributed by atoms with Crippen LogP contribution in [-0.4, -0.2) is 18.1 Å². The summed E-state index contributed by atoms with van der Waals surface area (Å²) in [6, 6.07) is 14.9. The van der Waals surface area contributed by atoms with Crippen LogP contribution in [0, 0.1) is 0 Å². The van der Waals surface area contributed by atoms with Crippen molar-refractivity contribution < 1.29 is 13.2 Å². The van der Waals surface area contributed by atoms with Crippen LogP contribution in [0.5, 0.6) is 0 Å². The van der Waals surface area contributed by atoms with E-state index in [9.17, 15) is 13.2 Å². The van der Waals surface area contributed by atoms with Crippen molar-refractivity contribution in [3.8, 4) is 0 Å². The van der Waals surface area contributed by atoms with Gasteiger partial charge in [-0.05, 0) is 17.5 Å². The number of halogens is 4. The van der Waals surface area contributed by atoms with Gasteiger partial charge in [0.15, 0.2) is 0 Å². The van der Waals surface area contributed by atoms with E-state index in [1.165, 1.54) is 0 Å². The number of pyridine rings is 1. The molecule has 7 heteroatoms. The van der Waals surface area contributed by atoms with E-state index in [1.807, 2.05) is 42.5 Å². The summed E-state index contributed by atoms with van der Waals surface area (Å²) in [6.07, 6.45) is -3.68. The van der Waals surface area contributed by atoms with Crippen molar-refractivity contribution in [3.05, 3.63) is 65.3 Å². The van der Waals surface area contributed by atoms with Gasteiger partial charge >= 0.3 is 6.18 Å². The standard InChI is InChI=1S/C18H15ClF3N3/c19-15-10-13(18(20,21)22)11-25-17(15)24-9-8-23-16-7-3-5-12-4-1-2-6-14(12)16/h1-7,10-11,23H,8-9H2,(H,24,25). The number of nitrogens with one attached hydrogen (secondary N) is 2. The summed E-state index contributed by atoms with van der Waals surface area (Å²) >= 11 is 5.86. The van der Waals surface area contributed by atoms with Gasteiger partial charge < -0.3 is 10.6 Å². The lowest BCUT2D eigenvalue weighted by Crippen LogP contribution is -2.15. The highest BCUT2D eigenvalue weighted by Crippen LogP contribution is 2.32. The number of anilines is 2. The molecule has 130 valence electrons. The quantitative estimate of drug-likeness (QED) is 0.592. The molecule has 2 N–H and O–H groups in total. The summed E-state index contributed by atoms with van der Waals surface area (Å²) < 4.78 is 37.8. The molecule has 3 aromatic rings. The lowest BCUT2D eigenvalue weighted by molar-refractivity contribution is -0.137. The molecule has 3 rings (SSSR count). The smallest absolute Gasteiger partial charge is 0.383 e. The van der Waals surface area contributed by atoms with E-state index in [1.54, 1.807) is 0 Å². The molecule has 1 aromatic heterocycles. The monoisotopic (exact) mass is 365 g/mol. The zero-order valence-corrected chi connectivity index (χ0v) is 13.8. The predicted molar refractivity (Wildman–Crippen MR) is 95.2 cm³/mol. The third kappa shape index (κ3) is 4.14. The molecular weight excluding hydrogens is 351 g/mol. The van der Waals surface area contributed by atoms with Crippen LogP contribution < -0.4 is 10.6 Å². The van der Waals surface area contributed by atoms with Crippen molar-refractivity contribution in [3.63, 3.8) is 0 Å². The first-order valence-electron chi connectivity index (χ1n) is 7.63. The summed E-state index contributed by atoms with van der Waals surface area (Å²) in [4.78, 5) is 3.75. The third-order valence-corrected chi connectivity index (χ3v) is 3.98. The van der Waals surface area contributed by atoms with E-state index in [2.05, 4.69) is 15.6 Å². The van der Waals surface area contributed by atoms with Crippen LogP contribution in [0.1, 0.15) is 5.56 Å². The number of rotatable bonds is 5. The number of alkyl halides is 3. The maximum Gasteiger partial charge on any atom is 0.417 e. The highest BCUT2D eigenvalue weighted by atomic mass is 35.5. The highest BCUT2D eigenvalue weighted by molar-refractivity contribution is 6.32. The Hall–Kier alpha value is -2.47. The Labute approximate surface area is 147 Å². The maximum absolute atomic E-state index is 12.6. The van der Waals surface area contributed by atoms with Crippen molar-refractivity contribution in [1.82, 2.24) is 4.98 Å². The average molecular weight is 366 g/mol. The van der Waals surface area contributed by atoms with E-state index in [0.29, 0.717) is 13.1 Å². The molecule has 0 amide bonds. The molecule has 0 aliphatic heterocycles. The van der Waals surface area contributed by atoms with Gasteiger partial charge in [0.25, 0.3) is 0 Å². The molecule has 0 unspecified atom stereocenters. The van der Waals surface area contributed by atoms with Crippen LogP contribution in [0.4, 0.5) is 24.7 Å². The highest BCUT2D eigenvalue weighted by Gasteiger charge is 2.31. The van der Waals surface area contributed by atoms with E-state index < -0.39 is 11.7 Å². The van der Waals surface area contributed by atoms with Crippen LogP contribution >= 0.6 is 11.6 Å². The van der Waals surface area contributed by atoms with Gasteiger partial charge in [0.2, 0.25) is 0 Å². The molecule has 0 aliphatic carbocycles. The summed E-state index contributed by atoms with van der Waals surface area (Å²) in [5, 5.41) is 8.42. The molecule has 0 atom stereocenters. The fourth-order valence-electron chi connectivity index (χ4n) is 2.48. The minimum atomic E-state index is -4.45.